The Hall–Kier alpha value is -5.17. The average Bonchev–Trinajstić information content (AvgIpc) is 3.02. The summed E-state index contributed by atoms with van der Waals surface area (Å²) in [5, 5.41) is 18.2. The topological polar surface area (TPSA) is 128 Å². The minimum absolute atomic E-state index is 0.0664. The zero-order chi connectivity index (χ0) is 31.3. The van der Waals surface area contributed by atoms with Crippen LogP contribution in [0, 0.1) is 11.3 Å². The molecule has 10 heteroatoms. The van der Waals surface area contributed by atoms with Gasteiger partial charge in [-0.1, -0.05) is 24.3 Å². The van der Waals surface area contributed by atoms with Crippen LogP contribution < -0.4 is 10.6 Å². The van der Waals surface area contributed by atoms with Gasteiger partial charge in [-0.25, -0.2) is 4.79 Å². The van der Waals surface area contributed by atoms with Gasteiger partial charge in [0.1, 0.15) is 12.1 Å². The molecule has 226 valence electrons. The van der Waals surface area contributed by atoms with Crippen molar-refractivity contribution in [3.63, 3.8) is 0 Å². The average molecular weight is 593 g/mol. The molecule has 0 unspecified atom stereocenters. The molecular formula is C34H36N6O4. The third-order valence-corrected chi connectivity index (χ3v) is 7.45. The highest BCUT2D eigenvalue weighted by molar-refractivity contribution is 5.99. The van der Waals surface area contributed by atoms with Crippen molar-refractivity contribution in [1.29, 1.82) is 5.26 Å². The summed E-state index contributed by atoms with van der Waals surface area (Å²) in [5.74, 6) is -0.273. The lowest BCUT2D eigenvalue weighted by atomic mass is 10.0. The van der Waals surface area contributed by atoms with E-state index in [0.29, 0.717) is 43.9 Å². The van der Waals surface area contributed by atoms with E-state index in [2.05, 4.69) is 33.8 Å². The Labute approximate surface area is 256 Å². The molecule has 4 aromatic rings. The molecule has 1 aliphatic heterocycles. The highest BCUT2D eigenvalue weighted by atomic mass is 16.6. The van der Waals surface area contributed by atoms with Crippen LogP contribution in [0.1, 0.15) is 42.3 Å². The van der Waals surface area contributed by atoms with Crippen molar-refractivity contribution in [3.05, 3.63) is 83.6 Å². The van der Waals surface area contributed by atoms with Crippen molar-refractivity contribution in [3.8, 4) is 6.07 Å². The van der Waals surface area contributed by atoms with E-state index in [1.54, 1.807) is 42.8 Å². The number of fused-ring (bicyclic) bond motifs is 2. The number of piperazine rings is 1. The van der Waals surface area contributed by atoms with Crippen LogP contribution in [-0.4, -0.2) is 77.6 Å². The normalized spacial score (nSPS) is 13.4. The molecule has 1 aliphatic rings. The minimum atomic E-state index is -0.635. The van der Waals surface area contributed by atoms with E-state index < -0.39 is 11.7 Å². The Bertz CT molecular complexity index is 1750. The van der Waals surface area contributed by atoms with Crippen LogP contribution in [0.4, 0.5) is 10.5 Å². The van der Waals surface area contributed by atoms with E-state index in [9.17, 15) is 19.6 Å². The number of nitriles is 1. The monoisotopic (exact) mass is 592 g/mol. The van der Waals surface area contributed by atoms with E-state index in [1.807, 2.05) is 42.5 Å². The fourth-order valence-corrected chi connectivity index (χ4v) is 5.21. The zero-order valence-corrected chi connectivity index (χ0v) is 25.2. The quantitative estimate of drug-likeness (QED) is 0.318. The summed E-state index contributed by atoms with van der Waals surface area (Å²) >= 11 is 0. The molecule has 44 heavy (non-hydrogen) atoms. The number of carbonyl (C=O) groups excluding carboxylic acids is 3. The number of aromatic nitrogens is 1. The Morgan fingerprint density at radius 3 is 2.41 bits per heavy atom. The van der Waals surface area contributed by atoms with Gasteiger partial charge in [0.15, 0.2) is 0 Å². The lowest BCUT2D eigenvalue weighted by Gasteiger charge is -2.35. The van der Waals surface area contributed by atoms with Crippen molar-refractivity contribution in [1.82, 2.24) is 20.1 Å². The van der Waals surface area contributed by atoms with Crippen LogP contribution in [-0.2, 0) is 16.0 Å². The minimum Gasteiger partial charge on any atom is -0.444 e. The van der Waals surface area contributed by atoms with Crippen LogP contribution in [0.15, 0.2) is 66.9 Å². The Morgan fingerprint density at radius 1 is 0.932 bits per heavy atom. The molecule has 0 saturated carbocycles. The number of anilines is 1. The van der Waals surface area contributed by atoms with Gasteiger partial charge in [0.2, 0.25) is 5.91 Å². The molecular weight excluding hydrogens is 556 g/mol. The summed E-state index contributed by atoms with van der Waals surface area (Å²) in [5.41, 5.74) is 3.53. The van der Waals surface area contributed by atoms with Gasteiger partial charge in [-0.15, -0.1) is 0 Å². The van der Waals surface area contributed by atoms with Crippen molar-refractivity contribution in [2.75, 3.05) is 44.6 Å². The number of nitrogens with zero attached hydrogens (tertiary/aromatic N) is 4. The van der Waals surface area contributed by atoms with Crippen LogP contribution in [0.25, 0.3) is 21.7 Å². The number of pyridine rings is 1. The second-order valence-electron chi connectivity index (χ2n) is 11.8. The first-order valence-electron chi connectivity index (χ1n) is 14.7. The van der Waals surface area contributed by atoms with E-state index in [0.717, 1.165) is 33.8 Å². The van der Waals surface area contributed by atoms with Gasteiger partial charge < -0.3 is 25.2 Å². The van der Waals surface area contributed by atoms with Crippen molar-refractivity contribution < 1.29 is 19.1 Å². The second-order valence-corrected chi connectivity index (χ2v) is 11.8. The number of amides is 3. The number of hydrogen-bond donors (Lipinski definition) is 2. The number of hydrogen-bond acceptors (Lipinski definition) is 7. The predicted octanol–water partition coefficient (Wildman–Crippen LogP) is 4.72. The third-order valence-electron chi connectivity index (χ3n) is 7.45. The molecule has 5 rings (SSSR count). The predicted molar refractivity (Wildman–Crippen MR) is 169 cm³/mol. The zero-order valence-electron chi connectivity index (χ0n) is 25.2. The van der Waals surface area contributed by atoms with Gasteiger partial charge in [0, 0.05) is 55.6 Å². The maximum absolute atomic E-state index is 13.3. The molecule has 0 atom stereocenters. The maximum atomic E-state index is 13.3. The summed E-state index contributed by atoms with van der Waals surface area (Å²) in [6.45, 7) is 7.50. The lowest BCUT2D eigenvalue weighted by Crippen LogP contribution is -2.52. The molecule has 1 fully saturated rings. The molecule has 0 radical (unpaired) electrons. The first-order chi connectivity index (χ1) is 21.1. The highest BCUT2D eigenvalue weighted by Crippen LogP contribution is 2.24. The fourth-order valence-electron chi connectivity index (χ4n) is 5.21. The summed E-state index contributed by atoms with van der Waals surface area (Å²) < 4.78 is 5.18. The molecule has 10 nitrogen and oxygen atoms in total. The van der Waals surface area contributed by atoms with Crippen molar-refractivity contribution in [2.45, 2.75) is 32.8 Å². The van der Waals surface area contributed by atoms with E-state index in [1.165, 1.54) is 5.56 Å². The number of ether oxygens (including phenoxy) is 1. The summed E-state index contributed by atoms with van der Waals surface area (Å²) in [4.78, 5) is 45.4. The van der Waals surface area contributed by atoms with Crippen LogP contribution in [0.3, 0.4) is 0 Å². The third kappa shape index (κ3) is 7.42. The van der Waals surface area contributed by atoms with E-state index >= 15 is 0 Å². The smallest absolute Gasteiger partial charge is 0.408 e. The van der Waals surface area contributed by atoms with Gasteiger partial charge in [0.05, 0.1) is 17.1 Å². The van der Waals surface area contributed by atoms with Crippen molar-refractivity contribution in [2.24, 2.45) is 0 Å². The first-order valence-corrected chi connectivity index (χ1v) is 14.7. The van der Waals surface area contributed by atoms with E-state index in [-0.39, 0.29) is 18.4 Å². The van der Waals surface area contributed by atoms with Gasteiger partial charge in [0.25, 0.3) is 5.91 Å². The number of rotatable bonds is 7. The summed E-state index contributed by atoms with van der Waals surface area (Å²) in [6.07, 6.45) is 1.93. The first kappa shape index (κ1) is 30.3. The number of benzene rings is 3. The van der Waals surface area contributed by atoms with Gasteiger partial charge in [-0.05, 0) is 79.9 Å². The number of alkyl carbamates (subject to hydrolysis) is 1. The molecule has 3 aromatic carbocycles. The number of carbonyl (C=O) groups is 3. The molecule has 0 aliphatic carbocycles. The summed E-state index contributed by atoms with van der Waals surface area (Å²) in [7, 11) is 0. The van der Waals surface area contributed by atoms with Crippen molar-refractivity contribution >= 4 is 45.3 Å². The largest absolute Gasteiger partial charge is 0.444 e. The molecule has 2 heterocycles. The molecule has 1 aromatic heterocycles. The fraction of sp³-hybridized carbons (Fsp3) is 0.324. The highest BCUT2D eigenvalue weighted by Gasteiger charge is 2.26. The molecule has 0 spiro atoms. The number of nitrogens with one attached hydrogen (secondary N) is 2. The van der Waals surface area contributed by atoms with E-state index in [4.69, 9.17) is 4.74 Å². The van der Waals surface area contributed by atoms with Crippen LogP contribution >= 0.6 is 0 Å². The van der Waals surface area contributed by atoms with Gasteiger partial charge in [-0.2, -0.15) is 5.26 Å². The molecule has 2 N–H and O–H groups in total. The molecule has 1 saturated heterocycles. The van der Waals surface area contributed by atoms with Gasteiger partial charge >= 0.3 is 6.09 Å². The lowest BCUT2D eigenvalue weighted by molar-refractivity contribution is -0.131. The maximum Gasteiger partial charge on any atom is 0.408 e. The van der Waals surface area contributed by atoms with Crippen LogP contribution in [0.2, 0.25) is 0 Å². The van der Waals surface area contributed by atoms with Crippen LogP contribution in [0.5, 0.6) is 0 Å². The Morgan fingerprint density at radius 2 is 1.66 bits per heavy atom. The SMILES string of the molecule is CC(C)(C)OC(=O)NCC(=O)N1CCN(C(=O)c2ccc3cc(CCNc4ccnc5ccc(C#N)cc45)ccc3c2)CC1. The standard InChI is InChI=1S/C34H36N6O4/c1-34(2,3)44-33(43)38-22-31(41)39-14-16-40(17-15-39)32(42)27-8-7-25-18-23(4-6-26(25)20-27)10-12-36-30-11-13-37-29-9-5-24(21-35)19-28(29)30/h4-9,11,13,18-20H,10,12,14-17,22H2,1-3H3,(H,36,37)(H,38,43). The second kappa shape index (κ2) is 13.0. The summed E-state index contributed by atoms with van der Waals surface area (Å²) in [6, 6.07) is 21.6. The Kier molecular flexibility index (Phi) is 8.95. The van der Waals surface area contributed by atoms with Gasteiger partial charge in [-0.3, -0.25) is 14.6 Å². The molecule has 0 bridgehead atoms. The Balaban J connectivity index is 1.13. The molecule has 3 amide bonds.